The maximum atomic E-state index is 13.6. The first-order chi connectivity index (χ1) is 7.00. The molecule has 15 heavy (non-hydrogen) atoms. The van der Waals surface area contributed by atoms with Crippen LogP contribution in [0.4, 0.5) is 8.78 Å². The Kier molecular flexibility index (Phi) is 3.36. The topological polar surface area (TPSA) is 52.3 Å². The molecule has 2 N–H and O–H groups in total. The molecule has 1 aromatic rings. The van der Waals surface area contributed by atoms with E-state index in [2.05, 4.69) is 4.74 Å². The van der Waals surface area contributed by atoms with Gasteiger partial charge in [-0.1, -0.05) is 30.3 Å². The molecule has 0 aromatic heterocycles. The third kappa shape index (κ3) is 2.30. The van der Waals surface area contributed by atoms with E-state index in [1.807, 2.05) is 0 Å². The SMILES string of the molecule is COC(=O)[C@@H](N)C(F)(F)c1ccccc1. The third-order valence-corrected chi connectivity index (χ3v) is 2.00. The minimum atomic E-state index is -3.42. The Hall–Kier alpha value is -1.49. The molecule has 1 atom stereocenters. The van der Waals surface area contributed by atoms with Gasteiger partial charge in [-0.2, -0.15) is 8.78 Å². The molecule has 0 saturated heterocycles. The van der Waals surface area contributed by atoms with Crippen molar-refractivity contribution in [1.29, 1.82) is 0 Å². The van der Waals surface area contributed by atoms with Crippen LogP contribution in [0.5, 0.6) is 0 Å². The molecule has 0 aliphatic heterocycles. The van der Waals surface area contributed by atoms with Crippen molar-refractivity contribution in [1.82, 2.24) is 0 Å². The smallest absolute Gasteiger partial charge is 0.329 e. The number of hydrogen-bond donors (Lipinski definition) is 1. The normalized spacial score (nSPS) is 13.3. The Morgan fingerprint density at radius 1 is 1.40 bits per heavy atom. The van der Waals surface area contributed by atoms with Gasteiger partial charge < -0.3 is 10.5 Å². The number of hydrogen-bond acceptors (Lipinski definition) is 3. The molecule has 1 aromatic carbocycles. The number of carbonyl (C=O) groups excluding carboxylic acids is 1. The number of nitrogens with two attached hydrogens (primary N) is 1. The number of alkyl halides is 2. The summed E-state index contributed by atoms with van der Waals surface area (Å²) in [5, 5.41) is 0. The summed E-state index contributed by atoms with van der Waals surface area (Å²) in [5.41, 5.74) is 4.81. The van der Waals surface area contributed by atoms with Gasteiger partial charge in [0.15, 0.2) is 6.04 Å². The van der Waals surface area contributed by atoms with Gasteiger partial charge in [-0.25, -0.2) is 0 Å². The highest BCUT2D eigenvalue weighted by Gasteiger charge is 2.44. The molecule has 3 nitrogen and oxygen atoms in total. The van der Waals surface area contributed by atoms with Gasteiger partial charge >= 0.3 is 5.97 Å². The van der Waals surface area contributed by atoms with Gasteiger partial charge in [0, 0.05) is 5.56 Å². The van der Waals surface area contributed by atoms with Crippen LogP contribution < -0.4 is 5.73 Å². The lowest BCUT2D eigenvalue weighted by molar-refractivity contribution is -0.153. The second-order valence-corrected chi connectivity index (χ2v) is 2.99. The summed E-state index contributed by atoms with van der Waals surface area (Å²) < 4.78 is 31.3. The van der Waals surface area contributed by atoms with Crippen LogP contribution >= 0.6 is 0 Å². The molecule has 0 aliphatic rings. The number of methoxy groups -OCH3 is 1. The van der Waals surface area contributed by atoms with E-state index in [0.717, 1.165) is 7.11 Å². The van der Waals surface area contributed by atoms with Gasteiger partial charge in [-0.3, -0.25) is 4.79 Å². The van der Waals surface area contributed by atoms with Crippen LogP contribution in [-0.2, 0) is 15.5 Å². The highest BCUT2D eigenvalue weighted by molar-refractivity contribution is 5.77. The highest BCUT2D eigenvalue weighted by atomic mass is 19.3. The first kappa shape index (κ1) is 11.6. The Labute approximate surface area is 85.8 Å². The van der Waals surface area contributed by atoms with Gasteiger partial charge in [0.2, 0.25) is 0 Å². The summed E-state index contributed by atoms with van der Waals surface area (Å²) in [6.07, 6.45) is 0. The van der Waals surface area contributed by atoms with Crippen LogP contribution in [0.2, 0.25) is 0 Å². The van der Waals surface area contributed by atoms with Crippen molar-refractivity contribution < 1.29 is 18.3 Å². The molecule has 0 amide bonds. The molecule has 0 unspecified atom stereocenters. The van der Waals surface area contributed by atoms with E-state index >= 15 is 0 Å². The standard InChI is InChI=1S/C10H11F2NO2/c1-15-9(14)8(13)10(11,12)7-5-3-2-4-6-7/h2-6,8H,13H2,1H3/t8-/m1/s1. The number of esters is 1. The van der Waals surface area contributed by atoms with Gasteiger partial charge in [-0.15, -0.1) is 0 Å². The van der Waals surface area contributed by atoms with Crippen molar-refractivity contribution in [2.24, 2.45) is 5.73 Å². The zero-order chi connectivity index (χ0) is 11.5. The van der Waals surface area contributed by atoms with Crippen LogP contribution in [0, 0.1) is 0 Å². The first-order valence-electron chi connectivity index (χ1n) is 4.27. The van der Waals surface area contributed by atoms with Gasteiger partial charge in [0.05, 0.1) is 7.11 Å². The Balaban J connectivity index is 2.97. The second-order valence-electron chi connectivity index (χ2n) is 2.99. The zero-order valence-electron chi connectivity index (χ0n) is 8.11. The van der Waals surface area contributed by atoms with E-state index in [4.69, 9.17) is 5.73 Å². The van der Waals surface area contributed by atoms with Crippen LogP contribution in [0.1, 0.15) is 5.56 Å². The fourth-order valence-corrected chi connectivity index (χ4v) is 1.11. The molecule has 5 heteroatoms. The third-order valence-electron chi connectivity index (χ3n) is 2.00. The highest BCUT2D eigenvalue weighted by Crippen LogP contribution is 2.30. The van der Waals surface area contributed by atoms with Crippen molar-refractivity contribution in [3.63, 3.8) is 0 Å². The Morgan fingerprint density at radius 2 is 1.93 bits per heavy atom. The average molecular weight is 215 g/mol. The van der Waals surface area contributed by atoms with Crippen LogP contribution in [0.3, 0.4) is 0 Å². The molecule has 0 saturated carbocycles. The minimum absolute atomic E-state index is 0.303. The Bertz CT molecular complexity index is 341. The molecule has 0 spiro atoms. The molecule has 0 radical (unpaired) electrons. The number of halogens is 2. The molecular formula is C10H11F2NO2. The fraction of sp³-hybridized carbons (Fsp3) is 0.300. The lowest BCUT2D eigenvalue weighted by Gasteiger charge is -2.21. The second kappa shape index (κ2) is 4.35. The monoisotopic (exact) mass is 215 g/mol. The summed E-state index contributed by atoms with van der Waals surface area (Å²) in [5.74, 6) is -4.56. The molecule has 0 heterocycles. The largest absolute Gasteiger partial charge is 0.468 e. The first-order valence-corrected chi connectivity index (χ1v) is 4.27. The maximum Gasteiger partial charge on any atom is 0.329 e. The van der Waals surface area contributed by atoms with Gasteiger partial charge in [0.1, 0.15) is 0 Å². The van der Waals surface area contributed by atoms with E-state index < -0.39 is 17.9 Å². The van der Waals surface area contributed by atoms with E-state index in [1.54, 1.807) is 6.07 Å². The molecule has 0 fully saturated rings. The van der Waals surface area contributed by atoms with Crippen LogP contribution in [-0.4, -0.2) is 19.1 Å². The van der Waals surface area contributed by atoms with Crippen LogP contribution in [0.15, 0.2) is 30.3 Å². The summed E-state index contributed by atoms with van der Waals surface area (Å²) in [4.78, 5) is 10.9. The summed E-state index contributed by atoms with van der Waals surface area (Å²) in [6, 6.07) is 4.94. The van der Waals surface area contributed by atoms with Crippen molar-refractivity contribution in [3.8, 4) is 0 Å². The molecular weight excluding hydrogens is 204 g/mol. The van der Waals surface area contributed by atoms with E-state index in [-0.39, 0.29) is 5.56 Å². The van der Waals surface area contributed by atoms with E-state index in [0.29, 0.717) is 0 Å². The summed E-state index contributed by atoms with van der Waals surface area (Å²) >= 11 is 0. The zero-order valence-corrected chi connectivity index (χ0v) is 8.11. The number of benzene rings is 1. The van der Waals surface area contributed by atoms with Crippen molar-refractivity contribution >= 4 is 5.97 Å². The van der Waals surface area contributed by atoms with Crippen molar-refractivity contribution in [2.45, 2.75) is 12.0 Å². The average Bonchev–Trinajstić information content (AvgIpc) is 2.28. The van der Waals surface area contributed by atoms with Crippen molar-refractivity contribution in [3.05, 3.63) is 35.9 Å². The molecule has 1 rings (SSSR count). The molecule has 82 valence electrons. The van der Waals surface area contributed by atoms with Gasteiger partial charge in [0.25, 0.3) is 5.92 Å². The van der Waals surface area contributed by atoms with E-state index in [1.165, 1.54) is 24.3 Å². The predicted molar refractivity (Wildman–Crippen MR) is 50.3 cm³/mol. The summed E-state index contributed by atoms with van der Waals surface area (Å²) in [6.45, 7) is 0. The lowest BCUT2D eigenvalue weighted by Crippen LogP contribution is -2.45. The van der Waals surface area contributed by atoms with Gasteiger partial charge in [-0.05, 0) is 0 Å². The predicted octanol–water partition coefficient (Wildman–Crippen LogP) is 1.28. The maximum absolute atomic E-state index is 13.6. The van der Waals surface area contributed by atoms with E-state index in [9.17, 15) is 13.6 Å². The number of carbonyl (C=O) groups is 1. The molecule has 0 bridgehead atoms. The number of rotatable bonds is 3. The summed E-state index contributed by atoms with van der Waals surface area (Å²) in [7, 11) is 1.02. The minimum Gasteiger partial charge on any atom is -0.468 e. The lowest BCUT2D eigenvalue weighted by atomic mass is 10.0. The van der Waals surface area contributed by atoms with Crippen LogP contribution in [0.25, 0.3) is 0 Å². The Morgan fingerprint density at radius 3 is 2.40 bits per heavy atom. The van der Waals surface area contributed by atoms with Crippen molar-refractivity contribution in [2.75, 3.05) is 7.11 Å². The fourth-order valence-electron chi connectivity index (χ4n) is 1.11. The number of ether oxygens (including phenoxy) is 1. The molecule has 0 aliphatic carbocycles. The quantitative estimate of drug-likeness (QED) is 0.773.